The van der Waals surface area contributed by atoms with Crippen LogP contribution < -0.4 is 19.5 Å². The Morgan fingerprint density at radius 3 is 2.06 bits per heavy atom. The average molecular weight is 491 g/mol. The van der Waals surface area contributed by atoms with Crippen LogP contribution in [-0.4, -0.2) is 63.2 Å². The molecule has 0 atom stereocenters. The number of hydrogen-bond donors (Lipinski definition) is 1. The van der Waals surface area contributed by atoms with Crippen LogP contribution in [0.2, 0.25) is 0 Å². The number of carbonyl (C=O) groups is 1. The first-order chi connectivity index (χ1) is 16.3. The number of nitrogens with one attached hydrogen (secondary N) is 1. The Labute approximate surface area is 197 Å². The Morgan fingerprint density at radius 1 is 0.971 bits per heavy atom. The van der Waals surface area contributed by atoms with E-state index in [0.29, 0.717) is 35.9 Å². The van der Waals surface area contributed by atoms with Crippen LogP contribution in [0.5, 0.6) is 17.2 Å². The molecule has 0 saturated carbocycles. The lowest BCUT2D eigenvalue weighted by molar-refractivity contribution is 0.102. The van der Waals surface area contributed by atoms with Crippen molar-refractivity contribution in [3.8, 4) is 28.7 Å². The summed E-state index contributed by atoms with van der Waals surface area (Å²) in [6, 6.07) is 8.75. The smallest absolute Gasteiger partial charge is 0.322 e. The SMILES string of the molecule is CCN(CC)S(=O)(=O)c1ccc(C(=O)Nc2nnc(-c3cc(OC)c(OC)c(OC)c3)o2)cc1. The van der Waals surface area contributed by atoms with Gasteiger partial charge in [-0.25, -0.2) is 8.42 Å². The number of hydrogen-bond acceptors (Lipinski definition) is 9. The molecule has 3 aromatic rings. The van der Waals surface area contributed by atoms with Gasteiger partial charge in [-0.05, 0) is 36.4 Å². The standard InChI is InChI=1S/C22H26N4O7S/c1-6-26(7-2)34(28,29)16-10-8-14(9-11-16)20(27)23-22-25-24-21(33-22)15-12-17(30-3)19(32-5)18(13-15)31-4/h8-13H,6-7H2,1-5H3,(H,23,25,27). The van der Waals surface area contributed by atoms with E-state index in [1.165, 1.54) is 49.9 Å². The Balaban J connectivity index is 1.79. The van der Waals surface area contributed by atoms with Crippen molar-refractivity contribution in [1.29, 1.82) is 0 Å². The van der Waals surface area contributed by atoms with E-state index in [1.54, 1.807) is 26.0 Å². The minimum Gasteiger partial charge on any atom is -0.493 e. The van der Waals surface area contributed by atoms with Gasteiger partial charge in [-0.15, -0.1) is 5.10 Å². The number of aromatic nitrogens is 2. The van der Waals surface area contributed by atoms with Crippen LogP contribution >= 0.6 is 0 Å². The first-order valence-electron chi connectivity index (χ1n) is 10.3. The van der Waals surface area contributed by atoms with Gasteiger partial charge in [0.25, 0.3) is 5.91 Å². The molecule has 1 amide bonds. The van der Waals surface area contributed by atoms with Crippen molar-refractivity contribution in [2.24, 2.45) is 0 Å². The summed E-state index contributed by atoms with van der Waals surface area (Å²) in [6.45, 7) is 4.23. The van der Waals surface area contributed by atoms with Gasteiger partial charge >= 0.3 is 6.01 Å². The fraction of sp³-hybridized carbons (Fsp3) is 0.318. The first kappa shape index (κ1) is 25.0. The third kappa shape index (κ3) is 4.97. The molecule has 34 heavy (non-hydrogen) atoms. The van der Waals surface area contributed by atoms with Gasteiger partial charge in [0.05, 0.1) is 26.2 Å². The Morgan fingerprint density at radius 2 is 1.56 bits per heavy atom. The zero-order valence-corrected chi connectivity index (χ0v) is 20.3. The van der Waals surface area contributed by atoms with E-state index in [1.807, 2.05) is 0 Å². The van der Waals surface area contributed by atoms with Crippen molar-refractivity contribution in [2.75, 3.05) is 39.7 Å². The van der Waals surface area contributed by atoms with Crippen molar-refractivity contribution < 1.29 is 31.8 Å². The van der Waals surface area contributed by atoms with E-state index < -0.39 is 15.9 Å². The topological polar surface area (TPSA) is 133 Å². The summed E-state index contributed by atoms with van der Waals surface area (Å²) >= 11 is 0. The second-order valence-corrected chi connectivity index (χ2v) is 8.83. The lowest BCUT2D eigenvalue weighted by Gasteiger charge is -2.18. The summed E-state index contributed by atoms with van der Waals surface area (Å²) < 4.78 is 48.0. The maximum absolute atomic E-state index is 12.6. The van der Waals surface area contributed by atoms with E-state index in [2.05, 4.69) is 15.5 Å². The molecule has 0 radical (unpaired) electrons. The number of nitrogens with zero attached hydrogens (tertiary/aromatic N) is 3. The summed E-state index contributed by atoms with van der Waals surface area (Å²) in [5, 5.41) is 10.3. The van der Waals surface area contributed by atoms with E-state index in [4.69, 9.17) is 18.6 Å². The highest BCUT2D eigenvalue weighted by atomic mass is 32.2. The highest BCUT2D eigenvalue weighted by Gasteiger charge is 2.22. The van der Waals surface area contributed by atoms with Crippen molar-refractivity contribution in [2.45, 2.75) is 18.7 Å². The van der Waals surface area contributed by atoms with Gasteiger partial charge in [0.1, 0.15) is 0 Å². The molecule has 12 heteroatoms. The number of rotatable bonds is 10. The van der Waals surface area contributed by atoms with E-state index in [9.17, 15) is 13.2 Å². The van der Waals surface area contributed by atoms with Crippen LogP contribution in [0.3, 0.4) is 0 Å². The zero-order valence-electron chi connectivity index (χ0n) is 19.5. The molecule has 0 aliphatic heterocycles. The number of ether oxygens (including phenoxy) is 3. The largest absolute Gasteiger partial charge is 0.493 e. The molecule has 1 N–H and O–H groups in total. The fourth-order valence-electron chi connectivity index (χ4n) is 3.26. The lowest BCUT2D eigenvalue weighted by Crippen LogP contribution is -2.30. The molecule has 2 aromatic carbocycles. The molecule has 3 rings (SSSR count). The molecule has 0 spiro atoms. The number of anilines is 1. The highest BCUT2D eigenvalue weighted by Crippen LogP contribution is 2.41. The molecular formula is C22H26N4O7S. The number of amides is 1. The van der Waals surface area contributed by atoms with Crippen molar-refractivity contribution >= 4 is 21.9 Å². The van der Waals surface area contributed by atoms with Crippen molar-refractivity contribution in [3.05, 3.63) is 42.0 Å². The van der Waals surface area contributed by atoms with Crippen LogP contribution in [-0.2, 0) is 10.0 Å². The molecule has 1 aromatic heterocycles. The minimum atomic E-state index is -3.62. The Bertz CT molecular complexity index is 1230. The van der Waals surface area contributed by atoms with E-state index in [0.717, 1.165) is 0 Å². The molecule has 0 bridgehead atoms. The second-order valence-electron chi connectivity index (χ2n) is 6.89. The summed E-state index contributed by atoms with van der Waals surface area (Å²) in [7, 11) is 0.847. The maximum Gasteiger partial charge on any atom is 0.322 e. The Kier molecular flexibility index (Phi) is 7.74. The van der Waals surface area contributed by atoms with Crippen molar-refractivity contribution in [1.82, 2.24) is 14.5 Å². The number of benzene rings is 2. The predicted octanol–water partition coefficient (Wildman–Crippen LogP) is 3.05. The molecule has 1 heterocycles. The number of carbonyl (C=O) groups excluding carboxylic acids is 1. The van der Waals surface area contributed by atoms with Gasteiger partial charge in [-0.2, -0.15) is 4.31 Å². The van der Waals surface area contributed by atoms with Gasteiger partial charge in [0.2, 0.25) is 21.7 Å². The molecule has 182 valence electrons. The van der Waals surface area contributed by atoms with Gasteiger partial charge in [0, 0.05) is 24.2 Å². The summed E-state index contributed by atoms with van der Waals surface area (Å²) in [4.78, 5) is 12.7. The van der Waals surface area contributed by atoms with Gasteiger partial charge in [0.15, 0.2) is 11.5 Å². The summed E-state index contributed by atoms with van der Waals surface area (Å²) in [5.41, 5.74) is 0.722. The van der Waals surface area contributed by atoms with Crippen LogP contribution in [0.1, 0.15) is 24.2 Å². The molecule has 0 unspecified atom stereocenters. The molecule has 0 saturated heterocycles. The molecular weight excluding hydrogens is 464 g/mol. The van der Waals surface area contributed by atoms with Crippen LogP contribution in [0, 0.1) is 0 Å². The molecule has 11 nitrogen and oxygen atoms in total. The quantitative estimate of drug-likeness (QED) is 0.455. The minimum absolute atomic E-state index is 0.107. The fourth-order valence-corrected chi connectivity index (χ4v) is 4.71. The van der Waals surface area contributed by atoms with Gasteiger partial charge < -0.3 is 18.6 Å². The highest BCUT2D eigenvalue weighted by molar-refractivity contribution is 7.89. The van der Waals surface area contributed by atoms with E-state index >= 15 is 0 Å². The lowest BCUT2D eigenvalue weighted by atomic mass is 10.2. The maximum atomic E-state index is 12.6. The first-order valence-corrected chi connectivity index (χ1v) is 11.8. The van der Waals surface area contributed by atoms with Crippen LogP contribution in [0.15, 0.2) is 45.7 Å². The predicted molar refractivity (Wildman–Crippen MR) is 124 cm³/mol. The monoisotopic (exact) mass is 490 g/mol. The third-order valence-electron chi connectivity index (χ3n) is 5.02. The summed E-state index contributed by atoms with van der Waals surface area (Å²) in [5.74, 6) is 0.802. The van der Waals surface area contributed by atoms with Crippen molar-refractivity contribution in [3.63, 3.8) is 0 Å². The molecule has 0 aliphatic rings. The molecule has 0 fully saturated rings. The summed E-state index contributed by atoms with van der Waals surface area (Å²) in [6.07, 6.45) is 0. The van der Waals surface area contributed by atoms with Gasteiger partial charge in [-0.1, -0.05) is 18.9 Å². The molecule has 0 aliphatic carbocycles. The van der Waals surface area contributed by atoms with E-state index in [-0.39, 0.29) is 22.4 Å². The van der Waals surface area contributed by atoms with Gasteiger partial charge in [-0.3, -0.25) is 10.1 Å². The van der Waals surface area contributed by atoms with Crippen LogP contribution in [0.4, 0.5) is 6.01 Å². The Hall–Kier alpha value is -3.64. The van der Waals surface area contributed by atoms with Crippen LogP contribution in [0.25, 0.3) is 11.5 Å². The number of methoxy groups -OCH3 is 3. The normalized spacial score (nSPS) is 11.4. The third-order valence-corrected chi connectivity index (χ3v) is 7.08. The average Bonchev–Trinajstić information content (AvgIpc) is 3.32. The second kappa shape index (κ2) is 10.5. The zero-order chi connectivity index (χ0) is 24.9. The number of sulfonamides is 1.